The second kappa shape index (κ2) is 8.79. The van der Waals surface area contributed by atoms with E-state index in [1.54, 1.807) is 12.0 Å². The van der Waals surface area contributed by atoms with E-state index in [-0.39, 0.29) is 18.5 Å². The van der Waals surface area contributed by atoms with Crippen molar-refractivity contribution in [2.45, 2.75) is 45.1 Å². The second-order valence-electron chi connectivity index (χ2n) is 5.52. The van der Waals surface area contributed by atoms with Crippen LogP contribution in [0.25, 0.3) is 0 Å². The molecule has 0 bridgehead atoms. The van der Waals surface area contributed by atoms with Crippen LogP contribution in [-0.4, -0.2) is 54.9 Å². The number of nitrogens with one attached hydrogen (secondary N) is 1. The lowest BCUT2D eigenvalue weighted by molar-refractivity contribution is -0.137. The number of hydrogen-bond acceptors (Lipinski definition) is 3. The Morgan fingerprint density at radius 1 is 1.50 bits per heavy atom. The van der Waals surface area contributed by atoms with E-state index in [2.05, 4.69) is 5.32 Å². The van der Waals surface area contributed by atoms with Crippen molar-refractivity contribution in [3.63, 3.8) is 0 Å². The Balaban J connectivity index is 2.34. The maximum atomic E-state index is 12.1. The SMILES string of the molecule is COCCC(C)NC(=O)N1CCCC(CCC(=O)O)C1. The molecule has 2 atom stereocenters. The molecule has 0 saturated carbocycles. The molecule has 2 unspecified atom stereocenters. The van der Waals surface area contributed by atoms with Gasteiger partial charge in [0.2, 0.25) is 0 Å². The maximum absolute atomic E-state index is 12.1. The van der Waals surface area contributed by atoms with Gasteiger partial charge in [0, 0.05) is 39.3 Å². The van der Waals surface area contributed by atoms with E-state index in [0.717, 1.165) is 25.8 Å². The van der Waals surface area contributed by atoms with E-state index in [9.17, 15) is 9.59 Å². The number of nitrogens with zero attached hydrogens (tertiary/aromatic N) is 1. The quantitative estimate of drug-likeness (QED) is 0.746. The second-order valence-corrected chi connectivity index (χ2v) is 5.52. The lowest BCUT2D eigenvalue weighted by Crippen LogP contribution is -2.48. The van der Waals surface area contributed by atoms with Crippen molar-refractivity contribution in [2.75, 3.05) is 26.8 Å². The number of rotatable bonds is 7. The molecule has 0 aromatic heterocycles. The molecule has 1 rings (SSSR count). The summed E-state index contributed by atoms with van der Waals surface area (Å²) in [7, 11) is 1.65. The molecule has 116 valence electrons. The van der Waals surface area contributed by atoms with Crippen LogP contribution in [0.5, 0.6) is 0 Å². The van der Waals surface area contributed by atoms with Gasteiger partial charge >= 0.3 is 12.0 Å². The predicted molar refractivity (Wildman–Crippen MR) is 75.7 cm³/mol. The highest BCUT2D eigenvalue weighted by molar-refractivity contribution is 5.74. The van der Waals surface area contributed by atoms with E-state index < -0.39 is 5.97 Å². The van der Waals surface area contributed by atoms with Crippen LogP contribution in [0.2, 0.25) is 0 Å². The minimum atomic E-state index is -0.764. The molecule has 1 fully saturated rings. The number of hydrogen-bond donors (Lipinski definition) is 2. The van der Waals surface area contributed by atoms with Crippen molar-refractivity contribution in [3.8, 4) is 0 Å². The summed E-state index contributed by atoms with van der Waals surface area (Å²) in [5.74, 6) is -0.459. The van der Waals surface area contributed by atoms with E-state index in [1.807, 2.05) is 6.92 Å². The average molecular weight is 286 g/mol. The van der Waals surface area contributed by atoms with Crippen molar-refractivity contribution in [1.29, 1.82) is 0 Å². The van der Waals surface area contributed by atoms with Gasteiger partial charge in [0.1, 0.15) is 0 Å². The summed E-state index contributed by atoms with van der Waals surface area (Å²) >= 11 is 0. The highest BCUT2D eigenvalue weighted by atomic mass is 16.5. The van der Waals surface area contributed by atoms with Crippen molar-refractivity contribution in [2.24, 2.45) is 5.92 Å². The summed E-state index contributed by atoms with van der Waals surface area (Å²) in [5, 5.41) is 11.7. The minimum Gasteiger partial charge on any atom is -0.481 e. The number of carboxylic acids is 1. The first-order valence-electron chi connectivity index (χ1n) is 7.29. The third kappa shape index (κ3) is 6.23. The van der Waals surface area contributed by atoms with Gasteiger partial charge in [-0.05, 0) is 38.5 Å². The molecular formula is C14H26N2O4. The fourth-order valence-corrected chi connectivity index (χ4v) is 2.48. The average Bonchev–Trinajstić information content (AvgIpc) is 2.43. The Labute approximate surface area is 120 Å². The highest BCUT2D eigenvalue weighted by Gasteiger charge is 2.24. The van der Waals surface area contributed by atoms with Crippen LogP contribution in [0.1, 0.15) is 39.0 Å². The van der Waals surface area contributed by atoms with Crippen molar-refractivity contribution in [1.82, 2.24) is 10.2 Å². The molecule has 0 aromatic rings. The van der Waals surface area contributed by atoms with Crippen LogP contribution in [0.3, 0.4) is 0 Å². The highest BCUT2D eigenvalue weighted by Crippen LogP contribution is 2.21. The number of carbonyl (C=O) groups excluding carboxylic acids is 1. The van der Waals surface area contributed by atoms with Crippen LogP contribution in [-0.2, 0) is 9.53 Å². The van der Waals surface area contributed by atoms with E-state index in [0.29, 0.717) is 25.5 Å². The van der Waals surface area contributed by atoms with Gasteiger partial charge in [-0.25, -0.2) is 4.79 Å². The van der Waals surface area contributed by atoms with Crippen molar-refractivity contribution >= 4 is 12.0 Å². The zero-order valence-electron chi connectivity index (χ0n) is 12.4. The van der Waals surface area contributed by atoms with Crippen LogP contribution in [0.15, 0.2) is 0 Å². The molecule has 1 aliphatic rings. The number of carbonyl (C=O) groups is 2. The largest absolute Gasteiger partial charge is 0.481 e. The number of urea groups is 1. The third-order valence-electron chi connectivity index (χ3n) is 3.70. The van der Waals surface area contributed by atoms with Gasteiger partial charge in [-0.15, -0.1) is 0 Å². The molecule has 1 aliphatic heterocycles. The Morgan fingerprint density at radius 2 is 2.25 bits per heavy atom. The van der Waals surface area contributed by atoms with Crippen LogP contribution in [0.4, 0.5) is 4.79 Å². The first kappa shape index (κ1) is 16.8. The standard InChI is InChI=1S/C14H26N2O4/c1-11(7-9-20-2)15-14(19)16-8-3-4-12(10-16)5-6-13(17)18/h11-12H,3-10H2,1-2H3,(H,15,19)(H,17,18). The summed E-state index contributed by atoms with van der Waals surface area (Å²) in [6.07, 6.45) is 3.58. The fraction of sp³-hybridized carbons (Fsp3) is 0.857. The maximum Gasteiger partial charge on any atom is 0.317 e. The molecule has 0 spiro atoms. The van der Waals surface area contributed by atoms with Crippen LogP contribution >= 0.6 is 0 Å². The number of methoxy groups -OCH3 is 1. The van der Waals surface area contributed by atoms with Gasteiger partial charge < -0.3 is 20.1 Å². The number of piperidine rings is 1. The van der Waals surface area contributed by atoms with Gasteiger partial charge in [-0.2, -0.15) is 0 Å². The summed E-state index contributed by atoms with van der Waals surface area (Å²) in [6.45, 7) is 4.01. The molecule has 0 aliphatic carbocycles. The number of aliphatic carboxylic acids is 1. The number of likely N-dealkylation sites (tertiary alicyclic amines) is 1. The molecular weight excluding hydrogens is 260 g/mol. The molecule has 6 heteroatoms. The third-order valence-corrected chi connectivity index (χ3v) is 3.70. The van der Waals surface area contributed by atoms with Crippen LogP contribution in [0, 0.1) is 5.92 Å². The lowest BCUT2D eigenvalue weighted by atomic mass is 9.93. The van der Waals surface area contributed by atoms with Gasteiger partial charge in [-0.3, -0.25) is 4.79 Å². The molecule has 0 radical (unpaired) electrons. The molecule has 2 N–H and O–H groups in total. The van der Waals surface area contributed by atoms with Gasteiger partial charge in [-0.1, -0.05) is 0 Å². The molecule has 0 aromatic carbocycles. The molecule has 2 amide bonds. The minimum absolute atomic E-state index is 0.0476. The first-order valence-corrected chi connectivity index (χ1v) is 7.29. The Bertz CT molecular complexity index is 322. The Kier molecular flexibility index (Phi) is 7.36. The van der Waals surface area contributed by atoms with Gasteiger partial charge in [0.05, 0.1) is 0 Å². The van der Waals surface area contributed by atoms with E-state index in [1.165, 1.54) is 0 Å². The smallest absolute Gasteiger partial charge is 0.317 e. The number of ether oxygens (including phenoxy) is 1. The van der Waals surface area contributed by atoms with Gasteiger partial charge in [0.25, 0.3) is 0 Å². The van der Waals surface area contributed by atoms with E-state index >= 15 is 0 Å². The fourth-order valence-electron chi connectivity index (χ4n) is 2.48. The summed E-state index contributed by atoms with van der Waals surface area (Å²) in [6, 6.07) is 0.0375. The first-order chi connectivity index (χ1) is 9.52. The Hall–Kier alpha value is -1.30. The topological polar surface area (TPSA) is 78.9 Å². The molecule has 20 heavy (non-hydrogen) atoms. The molecule has 6 nitrogen and oxygen atoms in total. The predicted octanol–water partition coefficient (Wildman–Crippen LogP) is 1.70. The zero-order chi connectivity index (χ0) is 15.0. The summed E-state index contributed by atoms with van der Waals surface area (Å²) in [5.41, 5.74) is 0. The van der Waals surface area contributed by atoms with Crippen molar-refractivity contribution in [3.05, 3.63) is 0 Å². The molecule has 1 heterocycles. The normalized spacial score (nSPS) is 20.5. The van der Waals surface area contributed by atoms with Crippen molar-refractivity contribution < 1.29 is 19.4 Å². The Morgan fingerprint density at radius 3 is 2.90 bits per heavy atom. The summed E-state index contributed by atoms with van der Waals surface area (Å²) in [4.78, 5) is 24.5. The lowest BCUT2D eigenvalue weighted by Gasteiger charge is -2.33. The van der Waals surface area contributed by atoms with E-state index in [4.69, 9.17) is 9.84 Å². The summed E-state index contributed by atoms with van der Waals surface area (Å²) < 4.78 is 4.99. The zero-order valence-corrected chi connectivity index (χ0v) is 12.4. The van der Waals surface area contributed by atoms with Crippen LogP contribution < -0.4 is 5.32 Å². The number of amides is 2. The molecule has 1 saturated heterocycles. The van der Waals surface area contributed by atoms with Gasteiger partial charge in [0.15, 0.2) is 0 Å². The number of carboxylic acid groups (broad SMARTS) is 1. The monoisotopic (exact) mass is 286 g/mol.